The van der Waals surface area contributed by atoms with E-state index in [2.05, 4.69) is 22.7 Å². The number of carboxylic acids is 1. The predicted molar refractivity (Wildman–Crippen MR) is 74.5 cm³/mol. The van der Waals surface area contributed by atoms with Gasteiger partial charge in [0, 0.05) is 5.56 Å². The summed E-state index contributed by atoms with van der Waals surface area (Å²) < 4.78 is 0. The van der Waals surface area contributed by atoms with Crippen LogP contribution in [-0.2, 0) is 11.2 Å². The normalized spacial score (nSPS) is 11.1. The minimum Gasteiger partial charge on any atom is -0.481 e. The maximum Gasteiger partial charge on any atom is 0.309 e. The first kappa shape index (κ1) is 14.1. The first-order chi connectivity index (χ1) is 8.54. The second-order valence-corrected chi connectivity index (χ2v) is 4.06. The molecule has 1 rings (SSSR count). The molecule has 0 aliphatic heterocycles. The molecule has 96 valence electrons. The van der Waals surface area contributed by atoms with Crippen LogP contribution >= 0.6 is 12.2 Å². The molecule has 0 unspecified atom stereocenters. The van der Waals surface area contributed by atoms with Gasteiger partial charge in [0.2, 0.25) is 0 Å². The summed E-state index contributed by atoms with van der Waals surface area (Å²) in [4.78, 5) is 10.9. The molecule has 0 aliphatic rings. The summed E-state index contributed by atoms with van der Waals surface area (Å²) in [6, 6.07) is 7.52. The topological polar surface area (TPSA) is 87.7 Å². The highest BCUT2D eigenvalue weighted by Crippen LogP contribution is 2.12. The first-order valence-electron chi connectivity index (χ1n) is 5.46. The van der Waals surface area contributed by atoms with E-state index in [1.807, 2.05) is 31.2 Å². The molecule has 0 saturated heterocycles. The molecule has 4 N–H and O–H groups in total. The van der Waals surface area contributed by atoms with Crippen LogP contribution in [0.4, 0.5) is 0 Å². The molecule has 1 aromatic rings. The summed E-state index contributed by atoms with van der Waals surface area (Å²) >= 11 is 4.65. The average Bonchev–Trinajstić information content (AvgIpc) is 2.33. The first-order valence-corrected chi connectivity index (χ1v) is 5.87. The van der Waals surface area contributed by atoms with E-state index in [-0.39, 0.29) is 11.5 Å². The van der Waals surface area contributed by atoms with Crippen LogP contribution in [0.3, 0.4) is 0 Å². The van der Waals surface area contributed by atoms with Crippen molar-refractivity contribution in [3.05, 3.63) is 35.4 Å². The molecule has 0 aliphatic carbocycles. The summed E-state index contributed by atoms with van der Waals surface area (Å²) in [5, 5.41) is 12.9. The molecule has 0 fully saturated rings. The Bertz CT molecular complexity index is 486. The number of nitrogens with one attached hydrogen (secondary N) is 1. The van der Waals surface area contributed by atoms with Crippen molar-refractivity contribution < 1.29 is 9.90 Å². The molecular weight excluding hydrogens is 250 g/mol. The lowest BCUT2D eigenvalue weighted by Gasteiger charge is -2.09. The molecule has 5 nitrogen and oxygen atoms in total. The van der Waals surface area contributed by atoms with Crippen LogP contribution in [0.2, 0.25) is 0 Å². The van der Waals surface area contributed by atoms with Crippen LogP contribution < -0.4 is 11.2 Å². The number of rotatable bonds is 5. The van der Waals surface area contributed by atoms with E-state index in [1.165, 1.54) is 0 Å². The summed E-state index contributed by atoms with van der Waals surface area (Å²) in [5.74, 6) is -0.954. The SMILES string of the molecule is CCc1ccccc1C(CC(=O)O)=NNC(N)=S. The summed E-state index contributed by atoms with van der Waals surface area (Å²) in [5.41, 5.74) is 9.96. The van der Waals surface area contributed by atoms with Crippen LogP contribution in [0, 0.1) is 0 Å². The summed E-state index contributed by atoms with van der Waals surface area (Å²) in [6.45, 7) is 2.00. The molecule has 0 radical (unpaired) electrons. The molecule has 6 heteroatoms. The number of hydrazone groups is 1. The van der Waals surface area contributed by atoms with Gasteiger partial charge in [0.1, 0.15) is 0 Å². The van der Waals surface area contributed by atoms with E-state index in [9.17, 15) is 4.79 Å². The summed E-state index contributed by atoms with van der Waals surface area (Å²) in [7, 11) is 0. The number of nitrogens with zero attached hydrogens (tertiary/aromatic N) is 1. The number of hydrogen-bond acceptors (Lipinski definition) is 3. The van der Waals surface area contributed by atoms with Gasteiger partial charge in [0.15, 0.2) is 5.11 Å². The molecule has 0 saturated carbocycles. The van der Waals surface area contributed by atoms with Gasteiger partial charge in [-0.2, -0.15) is 5.10 Å². The Hall–Kier alpha value is -1.95. The average molecular weight is 265 g/mol. The molecule has 0 amide bonds. The number of nitrogens with two attached hydrogens (primary N) is 1. The highest BCUT2D eigenvalue weighted by atomic mass is 32.1. The quantitative estimate of drug-likeness (QED) is 0.424. The number of hydrogen-bond donors (Lipinski definition) is 3. The highest BCUT2D eigenvalue weighted by Gasteiger charge is 2.12. The molecule has 0 bridgehead atoms. The van der Waals surface area contributed by atoms with Gasteiger partial charge in [-0.25, -0.2) is 0 Å². The largest absolute Gasteiger partial charge is 0.481 e. The van der Waals surface area contributed by atoms with Gasteiger partial charge >= 0.3 is 5.97 Å². The van der Waals surface area contributed by atoms with Crippen molar-refractivity contribution in [3.63, 3.8) is 0 Å². The van der Waals surface area contributed by atoms with Crippen LogP contribution in [0.5, 0.6) is 0 Å². The van der Waals surface area contributed by atoms with E-state index in [4.69, 9.17) is 10.8 Å². The number of carbonyl (C=O) groups is 1. The Morgan fingerprint density at radius 3 is 2.72 bits per heavy atom. The fraction of sp³-hybridized carbons (Fsp3) is 0.250. The number of carboxylic acid groups (broad SMARTS) is 1. The van der Waals surface area contributed by atoms with Crippen LogP contribution in [0.15, 0.2) is 29.4 Å². The smallest absolute Gasteiger partial charge is 0.309 e. The van der Waals surface area contributed by atoms with Gasteiger partial charge in [-0.3, -0.25) is 10.2 Å². The standard InChI is InChI=1S/C12H15N3O2S/c1-2-8-5-3-4-6-9(8)10(7-11(16)17)14-15-12(13)18/h3-6H,2,7H2,1H3,(H,16,17)(H3,13,15,18). The van der Waals surface area contributed by atoms with Crippen molar-refractivity contribution in [1.82, 2.24) is 5.43 Å². The van der Waals surface area contributed by atoms with Crippen LogP contribution in [-0.4, -0.2) is 21.9 Å². The van der Waals surface area contributed by atoms with Gasteiger partial charge < -0.3 is 10.8 Å². The Kier molecular flexibility index (Phi) is 5.26. The van der Waals surface area contributed by atoms with Gasteiger partial charge in [0.25, 0.3) is 0 Å². The fourth-order valence-corrected chi connectivity index (χ4v) is 1.62. The van der Waals surface area contributed by atoms with E-state index in [1.54, 1.807) is 0 Å². The fourth-order valence-electron chi connectivity index (χ4n) is 1.57. The Balaban J connectivity index is 3.12. The molecule has 0 heterocycles. The zero-order chi connectivity index (χ0) is 13.5. The van der Waals surface area contributed by atoms with Crippen LogP contribution in [0.25, 0.3) is 0 Å². The maximum absolute atomic E-state index is 10.9. The van der Waals surface area contributed by atoms with E-state index >= 15 is 0 Å². The van der Waals surface area contributed by atoms with Gasteiger partial charge in [0.05, 0.1) is 12.1 Å². The minimum absolute atomic E-state index is 0.00636. The third-order valence-corrected chi connectivity index (χ3v) is 2.42. The van der Waals surface area contributed by atoms with Crippen molar-refractivity contribution in [2.45, 2.75) is 19.8 Å². The van der Waals surface area contributed by atoms with E-state index in [0.717, 1.165) is 17.5 Å². The number of thiocarbonyl (C=S) groups is 1. The van der Waals surface area contributed by atoms with Gasteiger partial charge in [-0.15, -0.1) is 0 Å². The van der Waals surface area contributed by atoms with Crippen LogP contribution in [0.1, 0.15) is 24.5 Å². The van der Waals surface area contributed by atoms with Gasteiger partial charge in [-0.1, -0.05) is 31.2 Å². The molecular formula is C12H15N3O2S. The van der Waals surface area contributed by atoms with Crippen molar-refractivity contribution >= 4 is 29.0 Å². The number of aryl methyl sites for hydroxylation is 1. The Labute approximate surface area is 111 Å². The predicted octanol–water partition coefficient (Wildman–Crippen LogP) is 1.26. The minimum atomic E-state index is -0.954. The number of benzene rings is 1. The second kappa shape index (κ2) is 6.70. The van der Waals surface area contributed by atoms with E-state index in [0.29, 0.717) is 5.71 Å². The summed E-state index contributed by atoms with van der Waals surface area (Å²) in [6.07, 6.45) is 0.606. The maximum atomic E-state index is 10.9. The molecule has 0 aromatic heterocycles. The highest BCUT2D eigenvalue weighted by molar-refractivity contribution is 7.80. The number of aliphatic carboxylic acids is 1. The Morgan fingerprint density at radius 2 is 2.17 bits per heavy atom. The van der Waals surface area contributed by atoms with Crippen molar-refractivity contribution in [2.24, 2.45) is 10.8 Å². The van der Waals surface area contributed by atoms with Gasteiger partial charge in [-0.05, 0) is 24.2 Å². The second-order valence-electron chi connectivity index (χ2n) is 3.62. The lowest BCUT2D eigenvalue weighted by atomic mass is 9.99. The lowest BCUT2D eigenvalue weighted by molar-refractivity contribution is -0.135. The van der Waals surface area contributed by atoms with Crippen molar-refractivity contribution in [2.75, 3.05) is 0 Å². The third kappa shape index (κ3) is 4.14. The lowest BCUT2D eigenvalue weighted by Crippen LogP contribution is -2.26. The third-order valence-electron chi connectivity index (χ3n) is 2.33. The van der Waals surface area contributed by atoms with Crippen molar-refractivity contribution in [1.29, 1.82) is 0 Å². The van der Waals surface area contributed by atoms with Crippen molar-refractivity contribution in [3.8, 4) is 0 Å². The van der Waals surface area contributed by atoms with E-state index < -0.39 is 5.97 Å². The zero-order valence-electron chi connectivity index (χ0n) is 10.0. The monoisotopic (exact) mass is 265 g/mol. The zero-order valence-corrected chi connectivity index (χ0v) is 10.8. The molecule has 0 atom stereocenters. The molecule has 1 aromatic carbocycles. The molecule has 18 heavy (non-hydrogen) atoms. The Morgan fingerprint density at radius 1 is 1.50 bits per heavy atom. The molecule has 0 spiro atoms.